The van der Waals surface area contributed by atoms with Crippen molar-refractivity contribution in [1.82, 2.24) is 20.1 Å². The number of aromatic nitrogens is 1. The third-order valence-electron chi connectivity index (χ3n) is 5.10. The molecule has 126 valence electrons. The predicted octanol–water partition coefficient (Wildman–Crippen LogP) is 0.648. The smallest absolute Gasteiger partial charge is 0.270 e. The Morgan fingerprint density at radius 1 is 1.12 bits per heavy atom. The standard InChI is InChI=1S/C18H22N4O2/c23-17-15-4-2-1-3-13(15)11-16(20-17)18(24)22-8-5-14(12-22)21-9-6-19-7-10-21/h1-4,11,14,19H,5-10,12H2,(H,20,23). The van der Waals surface area contributed by atoms with Gasteiger partial charge in [-0.15, -0.1) is 0 Å². The Morgan fingerprint density at radius 2 is 1.92 bits per heavy atom. The van der Waals surface area contributed by atoms with Crippen molar-refractivity contribution < 1.29 is 4.79 Å². The van der Waals surface area contributed by atoms with E-state index in [1.165, 1.54) is 0 Å². The molecule has 2 aliphatic heterocycles. The maximum atomic E-state index is 12.8. The zero-order valence-electron chi connectivity index (χ0n) is 13.6. The molecule has 2 fully saturated rings. The van der Waals surface area contributed by atoms with Gasteiger partial charge in [-0.05, 0) is 23.9 Å². The lowest BCUT2D eigenvalue weighted by Gasteiger charge is -2.32. The number of rotatable bonds is 2. The van der Waals surface area contributed by atoms with Crippen LogP contribution in [0.5, 0.6) is 0 Å². The van der Waals surface area contributed by atoms with Gasteiger partial charge in [-0.3, -0.25) is 14.5 Å². The Morgan fingerprint density at radius 3 is 2.75 bits per heavy atom. The van der Waals surface area contributed by atoms with Gasteiger partial charge in [0.05, 0.1) is 0 Å². The summed E-state index contributed by atoms with van der Waals surface area (Å²) in [6, 6.07) is 9.58. The molecule has 2 aliphatic rings. The van der Waals surface area contributed by atoms with E-state index in [1.54, 1.807) is 12.1 Å². The second-order valence-corrected chi connectivity index (χ2v) is 6.58. The van der Waals surface area contributed by atoms with Gasteiger partial charge in [0, 0.05) is 50.7 Å². The molecule has 0 saturated carbocycles. The number of piperazine rings is 1. The molecule has 2 aromatic rings. The number of benzene rings is 1. The van der Waals surface area contributed by atoms with Gasteiger partial charge in [0.15, 0.2) is 0 Å². The molecule has 1 atom stereocenters. The topological polar surface area (TPSA) is 68.4 Å². The molecule has 2 saturated heterocycles. The Balaban J connectivity index is 1.53. The molecule has 3 heterocycles. The molecule has 1 aromatic carbocycles. The summed E-state index contributed by atoms with van der Waals surface area (Å²) < 4.78 is 0. The minimum atomic E-state index is -0.200. The molecule has 0 aliphatic carbocycles. The SMILES string of the molecule is O=C(c1cc2ccccc2c(=O)[nH]1)N1CCC(N2CCNCC2)C1. The van der Waals surface area contributed by atoms with E-state index in [2.05, 4.69) is 15.2 Å². The fourth-order valence-electron chi connectivity index (χ4n) is 3.77. The number of carbonyl (C=O) groups is 1. The van der Waals surface area contributed by atoms with Crippen molar-refractivity contribution in [3.63, 3.8) is 0 Å². The summed E-state index contributed by atoms with van der Waals surface area (Å²) in [6.45, 7) is 5.61. The number of hydrogen-bond acceptors (Lipinski definition) is 4. The van der Waals surface area contributed by atoms with Crippen molar-refractivity contribution in [2.24, 2.45) is 0 Å². The van der Waals surface area contributed by atoms with Gasteiger partial charge in [-0.2, -0.15) is 0 Å². The highest BCUT2D eigenvalue weighted by Gasteiger charge is 2.31. The van der Waals surface area contributed by atoms with E-state index in [9.17, 15) is 9.59 Å². The molecule has 4 rings (SSSR count). The molecule has 24 heavy (non-hydrogen) atoms. The molecule has 6 nitrogen and oxygen atoms in total. The monoisotopic (exact) mass is 326 g/mol. The Kier molecular flexibility index (Phi) is 4.08. The normalized spacial score (nSPS) is 22.2. The van der Waals surface area contributed by atoms with Crippen LogP contribution < -0.4 is 10.9 Å². The lowest BCUT2D eigenvalue weighted by Crippen LogP contribution is -2.49. The molecule has 1 aromatic heterocycles. The molecule has 0 radical (unpaired) electrons. The van der Waals surface area contributed by atoms with E-state index in [-0.39, 0.29) is 11.5 Å². The summed E-state index contributed by atoms with van der Waals surface area (Å²) in [5, 5.41) is 4.79. The van der Waals surface area contributed by atoms with Crippen molar-refractivity contribution in [2.45, 2.75) is 12.5 Å². The molecule has 6 heteroatoms. The van der Waals surface area contributed by atoms with E-state index >= 15 is 0 Å². The van der Waals surface area contributed by atoms with Crippen LogP contribution in [0.3, 0.4) is 0 Å². The third kappa shape index (κ3) is 2.83. The summed E-state index contributed by atoms with van der Waals surface area (Å²) in [6.07, 6.45) is 1.00. The van der Waals surface area contributed by atoms with Gasteiger partial charge >= 0.3 is 0 Å². The number of aromatic amines is 1. The quantitative estimate of drug-likeness (QED) is 0.850. The number of carbonyl (C=O) groups excluding carboxylic acids is 1. The van der Waals surface area contributed by atoms with Crippen molar-refractivity contribution in [3.8, 4) is 0 Å². The summed E-state index contributed by atoms with van der Waals surface area (Å²) in [7, 11) is 0. The Hall–Kier alpha value is -2.18. The lowest BCUT2D eigenvalue weighted by atomic mass is 10.1. The highest BCUT2D eigenvalue weighted by atomic mass is 16.2. The van der Waals surface area contributed by atoms with Crippen LogP contribution in [0, 0.1) is 0 Å². The van der Waals surface area contributed by atoms with Crippen LogP contribution in [-0.4, -0.2) is 66.0 Å². The first-order valence-electron chi connectivity index (χ1n) is 8.58. The van der Waals surface area contributed by atoms with E-state index in [4.69, 9.17) is 0 Å². The van der Waals surface area contributed by atoms with Crippen LogP contribution in [0.4, 0.5) is 0 Å². The van der Waals surface area contributed by atoms with Gasteiger partial charge in [-0.25, -0.2) is 0 Å². The van der Waals surface area contributed by atoms with E-state index in [0.717, 1.165) is 51.1 Å². The predicted molar refractivity (Wildman–Crippen MR) is 93.3 cm³/mol. The zero-order valence-corrected chi connectivity index (χ0v) is 13.6. The van der Waals surface area contributed by atoms with Crippen molar-refractivity contribution in [3.05, 3.63) is 46.4 Å². The third-order valence-corrected chi connectivity index (χ3v) is 5.10. The second-order valence-electron chi connectivity index (χ2n) is 6.58. The van der Waals surface area contributed by atoms with Gasteiger partial charge in [-0.1, -0.05) is 18.2 Å². The first-order chi connectivity index (χ1) is 11.7. The first kappa shape index (κ1) is 15.4. The molecular formula is C18H22N4O2. The molecule has 1 amide bonds. The number of amides is 1. The van der Waals surface area contributed by atoms with Gasteiger partial charge < -0.3 is 15.2 Å². The molecule has 1 unspecified atom stereocenters. The van der Waals surface area contributed by atoms with Crippen LogP contribution in [0.2, 0.25) is 0 Å². The van der Waals surface area contributed by atoms with E-state index < -0.39 is 0 Å². The number of fused-ring (bicyclic) bond motifs is 1. The zero-order chi connectivity index (χ0) is 16.5. The fraction of sp³-hybridized carbons (Fsp3) is 0.444. The fourth-order valence-corrected chi connectivity index (χ4v) is 3.77. The summed E-state index contributed by atoms with van der Waals surface area (Å²) in [5.74, 6) is -0.0736. The molecule has 2 N–H and O–H groups in total. The number of nitrogens with one attached hydrogen (secondary N) is 2. The van der Waals surface area contributed by atoms with Crippen molar-refractivity contribution >= 4 is 16.7 Å². The lowest BCUT2D eigenvalue weighted by molar-refractivity contribution is 0.0767. The van der Waals surface area contributed by atoms with E-state index in [1.807, 2.05) is 23.1 Å². The van der Waals surface area contributed by atoms with Crippen molar-refractivity contribution in [1.29, 1.82) is 0 Å². The van der Waals surface area contributed by atoms with Gasteiger partial charge in [0.25, 0.3) is 11.5 Å². The molecular weight excluding hydrogens is 304 g/mol. The van der Waals surface area contributed by atoms with E-state index in [0.29, 0.717) is 17.1 Å². The highest BCUT2D eigenvalue weighted by Crippen LogP contribution is 2.19. The van der Waals surface area contributed by atoms with Crippen LogP contribution in [0.25, 0.3) is 10.8 Å². The van der Waals surface area contributed by atoms with Crippen LogP contribution in [0.15, 0.2) is 35.1 Å². The van der Waals surface area contributed by atoms with Crippen LogP contribution in [-0.2, 0) is 0 Å². The summed E-state index contributed by atoms with van der Waals surface area (Å²) in [5.41, 5.74) is 0.189. The number of nitrogens with zero attached hydrogens (tertiary/aromatic N) is 2. The number of likely N-dealkylation sites (tertiary alicyclic amines) is 1. The molecule has 0 spiro atoms. The first-order valence-corrected chi connectivity index (χ1v) is 8.58. The maximum absolute atomic E-state index is 12.8. The summed E-state index contributed by atoms with van der Waals surface area (Å²) >= 11 is 0. The minimum absolute atomic E-state index is 0.0736. The number of hydrogen-bond donors (Lipinski definition) is 2. The second kappa shape index (κ2) is 6.37. The van der Waals surface area contributed by atoms with Crippen LogP contribution in [0.1, 0.15) is 16.9 Å². The average molecular weight is 326 g/mol. The van der Waals surface area contributed by atoms with Gasteiger partial charge in [0.1, 0.15) is 5.69 Å². The van der Waals surface area contributed by atoms with Gasteiger partial charge in [0.2, 0.25) is 0 Å². The minimum Gasteiger partial charge on any atom is -0.336 e. The number of pyridine rings is 1. The van der Waals surface area contributed by atoms with Crippen LogP contribution >= 0.6 is 0 Å². The number of H-pyrrole nitrogens is 1. The summed E-state index contributed by atoms with van der Waals surface area (Å²) in [4.78, 5) is 32.1. The molecule has 0 bridgehead atoms. The largest absolute Gasteiger partial charge is 0.336 e. The highest BCUT2D eigenvalue weighted by molar-refractivity contribution is 5.96. The Bertz CT molecular complexity index is 810. The van der Waals surface area contributed by atoms with Crippen molar-refractivity contribution in [2.75, 3.05) is 39.3 Å². The average Bonchev–Trinajstić information content (AvgIpc) is 3.12. The Labute approximate surface area is 140 Å². The maximum Gasteiger partial charge on any atom is 0.270 e.